The largest absolute Gasteiger partial charge is 0.506 e. The predicted molar refractivity (Wildman–Crippen MR) is 116 cm³/mol. The number of hydrogen-bond donors (Lipinski definition) is 2. The fourth-order valence-corrected chi connectivity index (χ4v) is 4.83. The normalized spacial score (nSPS) is 11.1. The quantitative estimate of drug-likeness (QED) is 0.470. The lowest BCUT2D eigenvalue weighted by atomic mass is 10.0. The summed E-state index contributed by atoms with van der Waals surface area (Å²) in [5.41, 5.74) is 0.830. The summed E-state index contributed by atoms with van der Waals surface area (Å²) in [4.78, 5) is 0.801. The molecule has 0 radical (unpaired) electrons. The smallest absolute Gasteiger partial charge is 0.264 e. The number of sulfonamides is 1. The van der Waals surface area contributed by atoms with Gasteiger partial charge in [0.05, 0.1) is 10.6 Å². The minimum absolute atomic E-state index is 0.0439. The van der Waals surface area contributed by atoms with Crippen LogP contribution < -0.4 is 4.72 Å². The van der Waals surface area contributed by atoms with E-state index in [0.29, 0.717) is 16.0 Å². The van der Waals surface area contributed by atoms with E-state index in [4.69, 9.17) is 0 Å². The van der Waals surface area contributed by atoms with E-state index in [-0.39, 0.29) is 11.4 Å². The molecule has 0 aliphatic carbocycles. The molecule has 0 aliphatic rings. The maximum absolute atomic E-state index is 14.0. The van der Waals surface area contributed by atoms with Gasteiger partial charge in [-0.3, -0.25) is 4.72 Å². The molecule has 0 aliphatic heterocycles. The molecule has 3 rings (SSSR count). The number of halogens is 1. The van der Waals surface area contributed by atoms with Gasteiger partial charge < -0.3 is 5.11 Å². The van der Waals surface area contributed by atoms with Crippen LogP contribution in [0.25, 0.3) is 12.2 Å². The fourth-order valence-electron chi connectivity index (χ4n) is 2.75. The van der Waals surface area contributed by atoms with Crippen molar-refractivity contribution < 1.29 is 17.9 Å². The summed E-state index contributed by atoms with van der Waals surface area (Å²) in [6.07, 6.45) is 2.83. The first kappa shape index (κ1) is 20.7. The molecule has 3 aromatic rings. The van der Waals surface area contributed by atoms with Gasteiger partial charge in [0.15, 0.2) is 0 Å². The Hall–Kier alpha value is -3.03. The molecule has 0 bridgehead atoms. The van der Waals surface area contributed by atoms with Gasteiger partial charge in [0.2, 0.25) is 0 Å². The molecular weight excluding hydrogens is 409 g/mol. The van der Waals surface area contributed by atoms with Crippen LogP contribution in [0.3, 0.4) is 0 Å². The lowest BCUT2D eigenvalue weighted by Crippen LogP contribution is -2.15. The molecule has 0 saturated carbocycles. The lowest BCUT2D eigenvalue weighted by molar-refractivity contribution is 0.461. The first-order valence-electron chi connectivity index (χ1n) is 8.52. The number of phenolic OH excluding ortho intramolecular Hbond substituents is 1. The second-order valence-electron chi connectivity index (χ2n) is 5.96. The third-order valence-electron chi connectivity index (χ3n) is 4.09. The third-order valence-corrected chi connectivity index (χ3v) is 6.53. The molecular formula is C22H18FNO3S2. The Labute approximate surface area is 173 Å². The maximum Gasteiger partial charge on any atom is 0.264 e. The average molecular weight is 428 g/mol. The molecule has 0 saturated heterocycles. The summed E-state index contributed by atoms with van der Waals surface area (Å²) in [5, 5.41) is 10.7. The van der Waals surface area contributed by atoms with Gasteiger partial charge in [-0.2, -0.15) is 0 Å². The number of benzene rings is 3. The molecule has 2 N–H and O–H groups in total. The molecule has 0 aromatic heterocycles. The number of aromatic hydroxyl groups is 1. The lowest BCUT2D eigenvalue weighted by Gasteiger charge is -2.17. The summed E-state index contributed by atoms with van der Waals surface area (Å²) < 4.78 is 42.0. The van der Waals surface area contributed by atoms with Crippen LogP contribution in [-0.2, 0) is 10.0 Å². The number of nitrogens with one attached hydrogen (secondary N) is 1. The van der Waals surface area contributed by atoms with Crippen molar-refractivity contribution in [2.24, 2.45) is 0 Å². The number of hydrogen-bond acceptors (Lipinski definition) is 4. The zero-order chi connectivity index (χ0) is 21.0. The first-order chi connectivity index (χ1) is 13.9. The Morgan fingerprint density at radius 3 is 2.21 bits per heavy atom. The molecule has 148 valence electrons. The van der Waals surface area contributed by atoms with Crippen molar-refractivity contribution in [1.29, 1.82) is 0 Å². The van der Waals surface area contributed by atoms with Crippen LogP contribution in [0, 0.1) is 5.82 Å². The molecule has 0 unspecified atom stereocenters. The van der Waals surface area contributed by atoms with Crippen LogP contribution in [0.4, 0.5) is 10.1 Å². The van der Waals surface area contributed by atoms with E-state index in [0.717, 1.165) is 11.0 Å². The van der Waals surface area contributed by atoms with E-state index >= 15 is 0 Å². The summed E-state index contributed by atoms with van der Waals surface area (Å²) in [6.45, 7) is 7.40. The van der Waals surface area contributed by atoms with Crippen molar-refractivity contribution >= 4 is 39.6 Å². The minimum atomic E-state index is -4.20. The summed E-state index contributed by atoms with van der Waals surface area (Å²) >= 11 is 1.26. The standard InChI is InChI=1S/C22H18FNO3S2/c1-3-16-17(4-2)22(25)20(28-15-10-6-5-7-11-15)14-19(16)24-29(26,27)21-13-9-8-12-18(21)23/h3-14,24-25H,1-2H2. The zero-order valence-corrected chi connectivity index (χ0v) is 16.9. The van der Waals surface area contributed by atoms with Gasteiger partial charge in [-0.25, -0.2) is 12.8 Å². The first-order valence-corrected chi connectivity index (χ1v) is 10.8. The van der Waals surface area contributed by atoms with E-state index in [9.17, 15) is 17.9 Å². The van der Waals surface area contributed by atoms with Gasteiger partial charge in [0.25, 0.3) is 10.0 Å². The average Bonchev–Trinajstić information content (AvgIpc) is 2.70. The molecule has 0 spiro atoms. The monoisotopic (exact) mass is 427 g/mol. The van der Waals surface area contributed by atoms with E-state index in [2.05, 4.69) is 17.9 Å². The summed E-state index contributed by atoms with van der Waals surface area (Å²) in [7, 11) is -4.20. The Kier molecular flexibility index (Phi) is 6.10. The predicted octanol–water partition coefficient (Wildman–Crippen LogP) is 5.77. The van der Waals surface area contributed by atoms with E-state index in [1.807, 2.05) is 30.3 Å². The van der Waals surface area contributed by atoms with Crippen molar-refractivity contribution in [2.45, 2.75) is 14.7 Å². The molecule has 0 atom stereocenters. The van der Waals surface area contributed by atoms with E-state index < -0.39 is 20.7 Å². The van der Waals surface area contributed by atoms with Gasteiger partial charge in [0, 0.05) is 16.0 Å². The molecule has 0 fully saturated rings. The molecule has 0 amide bonds. The Morgan fingerprint density at radius 1 is 0.966 bits per heavy atom. The van der Waals surface area contributed by atoms with Crippen molar-refractivity contribution in [3.05, 3.63) is 90.8 Å². The Morgan fingerprint density at radius 2 is 1.59 bits per heavy atom. The Balaban J connectivity index is 2.12. The number of anilines is 1. The fraction of sp³-hybridized carbons (Fsp3) is 0. The minimum Gasteiger partial charge on any atom is -0.506 e. The second-order valence-corrected chi connectivity index (χ2v) is 8.72. The van der Waals surface area contributed by atoms with E-state index in [1.54, 1.807) is 0 Å². The maximum atomic E-state index is 14.0. The summed E-state index contributed by atoms with van der Waals surface area (Å²) in [6, 6.07) is 15.9. The number of rotatable bonds is 7. The van der Waals surface area contributed by atoms with Crippen molar-refractivity contribution in [3.63, 3.8) is 0 Å². The molecule has 4 nitrogen and oxygen atoms in total. The topological polar surface area (TPSA) is 66.4 Å². The molecule has 7 heteroatoms. The van der Waals surface area contributed by atoms with Gasteiger partial charge >= 0.3 is 0 Å². The van der Waals surface area contributed by atoms with Crippen molar-refractivity contribution in [3.8, 4) is 5.75 Å². The number of phenols is 1. The van der Waals surface area contributed by atoms with Gasteiger partial charge in [-0.05, 0) is 30.3 Å². The molecule has 3 aromatic carbocycles. The van der Waals surface area contributed by atoms with Crippen LogP contribution in [-0.4, -0.2) is 13.5 Å². The van der Waals surface area contributed by atoms with Gasteiger partial charge in [-0.1, -0.05) is 67.4 Å². The highest BCUT2D eigenvalue weighted by Crippen LogP contribution is 2.42. The van der Waals surface area contributed by atoms with Crippen LogP contribution >= 0.6 is 11.8 Å². The van der Waals surface area contributed by atoms with Gasteiger partial charge in [0.1, 0.15) is 16.5 Å². The van der Waals surface area contributed by atoms with Crippen molar-refractivity contribution in [2.75, 3.05) is 4.72 Å². The van der Waals surface area contributed by atoms with E-state index in [1.165, 1.54) is 48.2 Å². The molecule has 29 heavy (non-hydrogen) atoms. The zero-order valence-electron chi connectivity index (χ0n) is 15.3. The van der Waals surface area contributed by atoms with Crippen LogP contribution in [0.1, 0.15) is 11.1 Å². The SMILES string of the molecule is C=Cc1c(NS(=O)(=O)c2ccccc2F)cc(Sc2ccccc2)c(O)c1C=C. The summed E-state index contributed by atoms with van der Waals surface area (Å²) in [5.74, 6) is -0.903. The van der Waals surface area contributed by atoms with Crippen LogP contribution in [0.2, 0.25) is 0 Å². The Bertz CT molecular complexity index is 1180. The van der Waals surface area contributed by atoms with Crippen LogP contribution in [0.15, 0.2) is 88.5 Å². The third kappa shape index (κ3) is 4.36. The highest BCUT2D eigenvalue weighted by atomic mass is 32.2. The second kappa shape index (κ2) is 8.55. The highest BCUT2D eigenvalue weighted by molar-refractivity contribution is 7.99. The van der Waals surface area contributed by atoms with Crippen molar-refractivity contribution in [1.82, 2.24) is 0 Å². The molecule has 0 heterocycles. The van der Waals surface area contributed by atoms with Gasteiger partial charge in [-0.15, -0.1) is 0 Å². The highest BCUT2D eigenvalue weighted by Gasteiger charge is 2.22. The van der Waals surface area contributed by atoms with Crippen LogP contribution in [0.5, 0.6) is 5.75 Å².